The van der Waals surface area contributed by atoms with E-state index in [1.807, 2.05) is 42.5 Å². The summed E-state index contributed by atoms with van der Waals surface area (Å²) in [5.41, 5.74) is 5.46. The molecule has 8 aliphatic rings. The first-order valence-corrected chi connectivity index (χ1v) is 39.1. The van der Waals surface area contributed by atoms with Gasteiger partial charge in [-0.1, -0.05) is 11.6 Å². The van der Waals surface area contributed by atoms with Gasteiger partial charge in [0.15, 0.2) is 0 Å². The van der Waals surface area contributed by atoms with Crippen LogP contribution in [-0.2, 0) is 57.1 Å². The number of benzene rings is 4. The highest BCUT2D eigenvalue weighted by molar-refractivity contribution is 6.29. The Morgan fingerprint density at radius 2 is 0.922 bits per heavy atom. The van der Waals surface area contributed by atoms with Gasteiger partial charge in [0.2, 0.25) is 23.6 Å². The van der Waals surface area contributed by atoms with E-state index in [0.717, 1.165) is 131 Å². The number of ether oxygens (including phenoxy) is 12. The number of carbonyl (C=O) groups is 8. The van der Waals surface area contributed by atoms with Gasteiger partial charge in [0.1, 0.15) is 94.5 Å². The molecular weight excluding hydrogens is 1510 g/mol. The minimum Gasteiger partial charge on any atom is -0.491 e. The van der Waals surface area contributed by atoms with E-state index in [4.69, 9.17) is 68.4 Å². The Hall–Kier alpha value is -10.5. The molecule has 2 aliphatic carbocycles. The molecule has 6 aliphatic heterocycles. The first-order valence-electron chi connectivity index (χ1n) is 38.7. The van der Waals surface area contributed by atoms with E-state index in [2.05, 4.69) is 75.0 Å². The van der Waals surface area contributed by atoms with E-state index >= 15 is 0 Å². The molecule has 608 valence electrons. The van der Waals surface area contributed by atoms with Crippen LogP contribution in [0.4, 0.5) is 5.82 Å². The number of amides is 8. The lowest BCUT2D eigenvalue weighted by Gasteiger charge is -2.33. The highest BCUT2D eigenvalue weighted by atomic mass is 35.5. The Bertz CT molecular complexity index is 4840. The molecular formula is C80H91ClN14O20. The van der Waals surface area contributed by atoms with Gasteiger partial charge in [-0.25, -0.2) is 19.9 Å². The quantitative estimate of drug-likeness (QED) is 0.0159. The summed E-state index contributed by atoms with van der Waals surface area (Å²) in [6.45, 7) is 14.5. The Morgan fingerprint density at radius 1 is 0.478 bits per heavy atom. The number of carbonyl (C=O) groups excluding carboxylic acids is 8. The third-order valence-electron chi connectivity index (χ3n) is 20.4. The van der Waals surface area contributed by atoms with Gasteiger partial charge in [0.25, 0.3) is 23.6 Å². The topological polar surface area (TPSA) is 402 Å². The van der Waals surface area contributed by atoms with Crippen LogP contribution in [0.2, 0.25) is 5.15 Å². The molecule has 4 unspecified atom stereocenters. The smallest absolute Gasteiger partial charge is 0.262 e. The van der Waals surface area contributed by atoms with Crippen molar-refractivity contribution in [2.45, 2.75) is 114 Å². The van der Waals surface area contributed by atoms with Crippen molar-refractivity contribution in [1.82, 2.24) is 66.1 Å². The molecule has 16 rings (SSSR count). The fraction of sp³-hybridized carbons (Fsp3) is 0.475. The fourth-order valence-electron chi connectivity index (χ4n) is 13.7. The van der Waals surface area contributed by atoms with Crippen LogP contribution in [0.5, 0.6) is 23.0 Å². The van der Waals surface area contributed by atoms with Gasteiger partial charge in [-0.2, -0.15) is 10.2 Å². The average Bonchev–Trinajstić information content (AvgIpc) is 1.63. The van der Waals surface area contributed by atoms with Crippen molar-refractivity contribution in [3.05, 3.63) is 125 Å². The van der Waals surface area contributed by atoms with Crippen LogP contribution < -0.4 is 39.8 Å². The number of rotatable bonds is 35. The van der Waals surface area contributed by atoms with Crippen molar-refractivity contribution >= 4 is 86.5 Å². The van der Waals surface area contributed by atoms with Gasteiger partial charge in [0.05, 0.1) is 136 Å². The van der Waals surface area contributed by atoms with Crippen LogP contribution in [-0.4, -0.2) is 265 Å². The molecule has 115 heavy (non-hydrogen) atoms. The number of aromatic amines is 2. The molecule has 0 bridgehead atoms. The summed E-state index contributed by atoms with van der Waals surface area (Å²) in [5.74, 6) is -1.08. The van der Waals surface area contributed by atoms with Crippen molar-refractivity contribution < 1.29 is 95.2 Å². The van der Waals surface area contributed by atoms with Crippen molar-refractivity contribution in [3.63, 3.8) is 0 Å². The van der Waals surface area contributed by atoms with Crippen LogP contribution >= 0.6 is 11.6 Å². The molecule has 10 heterocycles. The van der Waals surface area contributed by atoms with Gasteiger partial charge in [0, 0.05) is 75.1 Å². The molecule has 35 heteroatoms. The average molecular weight is 1600 g/mol. The van der Waals surface area contributed by atoms with Crippen molar-refractivity contribution in [1.29, 1.82) is 0 Å². The SMILES string of the molecule is CC1(Oc2ccc3[nH]nc(-c4cc(Cl)ncn4)c3c2)CC1.CC1(Oc2ccc3[nH]nc(-c4cc(N5CCOC(CCOCCOCCOCCOc6ccc7c(c6)C(=O)N(C6CCC(=O)NC6=O)C7=O)C5)ncn4)c3c2)CC1.O=C1CCC(N2C(=O)c3ccc(OCCOCCOCCOCCC4CNCCO4)cc3C2=O)C(=O)N1. The second-order valence-electron chi connectivity index (χ2n) is 29.0. The molecule has 4 aromatic heterocycles. The van der Waals surface area contributed by atoms with E-state index in [9.17, 15) is 38.4 Å². The number of H-pyrrole nitrogens is 2. The Kier molecular flexibility index (Phi) is 26.7. The summed E-state index contributed by atoms with van der Waals surface area (Å²) in [7, 11) is 0. The lowest BCUT2D eigenvalue weighted by molar-refractivity contribution is -0.137. The monoisotopic (exact) mass is 1600 g/mol. The summed E-state index contributed by atoms with van der Waals surface area (Å²) in [5, 5.41) is 25.0. The molecule has 4 aromatic carbocycles. The third-order valence-corrected chi connectivity index (χ3v) is 20.6. The van der Waals surface area contributed by atoms with Crippen molar-refractivity contribution in [2.24, 2.45) is 0 Å². The Labute approximate surface area is 665 Å². The van der Waals surface area contributed by atoms with Crippen LogP contribution in [0, 0.1) is 0 Å². The lowest BCUT2D eigenvalue weighted by Crippen LogP contribution is -2.54. The number of nitrogens with zero attached hydrogens (tertiary/aromatic N) is 9. The first-order chi connectivity index (χ1) is 55.9. The Morgan fingerprint density at radius 3 is 1.39 bits per heavy atom. The molecule has 8 amide bonds. The third kappa shape index (κ3) is 21.0. The van der Waals surface area contributed by atoms with Gasteiger partial charge in [-0.3, -0.25) is 69.0 Å². The standard InChI is InChI=1S/C40H45N7O10.C25H33N3O9.C15H13ClN4O/c1-40(9-10-40)57-26-3-5-31-30(21-26)36(45-44-31)32-22-34(42-24-41-32)46-11-13-55-27(23-46)8-12-52-14-15-53-16-17-54-18-19-56-25-2-4-28-29(20-25)39(51)47(38(28)50)33-6-7-35(48)43-37(33)49;29-22-4-3-21(23(30)27-22)28-24(31)19-2-1-17(15-20(19)25(28)32)37-14-13-35-12-11-34-10-9-33-7-5-18-16-26-6-8-36-18;1-15(4-5-15)21-9-2-3-11-10(6-9)14(20-19-11)12-7-13(16)18-8-17-12/h2-5,20-22,24,27,33H,6-19,23H2,1H3,(H,44,45)(H,43,48,49);1-2,15,18,21,26H,3-14,16H2,(H,27,29,30);2-3,6-8H,4-5H2,1H3,(H,19,20). The summed E-state index contributed by atoms with van der Waals surface area (Å²) in [6, 6.07) is 22.7. The highest BCUT2D eigenvalue weighted by Crippen LogP contribution is 2.43. The number of halogens is 1. The van der Waals surface area contributed by atoms with E-state index < -0.39 is 59.3 Å². The summed E-state index contributed by atoms with van der Waals surface area (Å²) >= 11 is 5.93. The largest absolute Gasteiger partial charge is 0.491 e. The molecule has 2 saturated carbocycles. The van der Waals surface area contributed by atoms with E-state index in [0.29, 0.717) is 108 Å². The molecule has 4 saturated heterocycles. The predicted octanol–water partition coefficient (Wildman–Crippen LogP) is 6.58. The van der Waals surface area contributed by atoms with Gasteiger partial charge in [-0.15, -0.1) is 0 Å². The van der Waals surface area contributed by atoms with Gasteiger partial charge < -0.3 is 67.1 Å². The second-order valence-corrected chi connectivity index (χ2v) is 29.4. The molecule has 6 fully saturated rings. The van der Waals surface area contributed by atoms with Crippen molar-refractivity contribution in [3.8, 4) is 45.8 Å². The maximum Gasteiger partial charge on any atom is 0.262 e. The maximum atomic E-state index is 13.0. The zero-order chi connectivity index (χ0) is 79.8. The minimum absolute atomic E-state index is 0.00396. The number of fused-ring (bicyclic) bond motifs is 4. The van der Waals surface area contributed by atoms with Gasteiger partial charge >= 0.3 is 0 Å². The number of anilines is 1. The normalized spacial score (nSPS) is 20.0. The highest BCUT2D eigenvalue weighted by Gasteiger charge is 2.47. The minimum atomic E-state index is -1.02. The van der Waals surface area contributed by atoms with Crippen LogP contribution in [0.15, 0.2) is 97.6 Å². The summed E-state index contributed by atoms with van der Waals surface area (Å²) in [6.07, 6.45) is 9.50. The second kappa shape index (κ2) is 37.8. The maximum absolute atomic E-state index is 13.0. The number of hydrogen-bond acceptors (Lipinski definition) is 28. The summed E-state index contributed by atoms with van der Waals surface area (Å²) in [4.78, 5) is 120. The number of imide groups is 4. The number of piperidine rings is 2. The van der Waals surface area contributed by atoms with Crippen LogP contribution in [0.3, 0.4) is 0 Å². The van der Waals surface area contributed by atoms with Crippen LogP contribution in [0.25, 0.3) is 44.6 Å². The van der Waals surface area contributed by atoms with E-state index in [-0.39, 0.29) is 91.2 Å². The van der Waals surface area contributed by atoms with Gasteiger partial charge in [-0.05, 0) is 138 Å². The van der Waals surface area contributed by atoms with E-state index in [1.165, 1.54) is 30.6 Å². The summed E-state index contributed by atoms with van der Waals surface area (Å²) < 4.78 is 68.7. The molecule has 4 atom stereocenters. The molecule has 0 radical (unpaired) electrons. The number of aromatic nitrogens is 8. The van der Waals surface area contributed by atoms with Crippen LogP contribution in [0.1, 0.15) is 119 Å². The number of hydrogen-bond donors (Lipinski definition) is 5. The Balaban J connectivity index is 0.000000160. The molecule has 0 spiro atoms. The first kappa shape index (κ1) is 81.1. The van der Waals surface area contributed by atoms with E-state index in [1.54, 1.807) is 24.5 Å². The van der Waals surface area contributed by atoms with Crippen molar-refractivity contribution in [2.75, 3.05) is 137 Å². The lowest BCUT2D eigenvalue weighted by atomic mass is 10.0. The molecule has 5 N–H and O–H groups in total. The molecule has 8 aromatic rings. The number of morpholine rings is 2. The number of nitrogens with one attached hydrogen (secondary N) is 5. The predicted molar refractivity (Wildman–Crippen MR) is 412 cm³/mol. The zero-order valence-corrected chi connectivity index (χ0v) is 64.6. The molecule has 34 nitrogen and oxygen atoms in total. The zero-order valence-electron chi connectivity index (χ0n) is 63.8. The fourth-order valence-corrected chi connectivity index (χ4v) is 13.8.